The molecule has 40 heavy (non-hydrogen) atoms. The number of carbonyl (C=O) groups excluding carboxylic acids is 1. The van der Waals surface area contributed by atoms with E-state index in [1.165, 1.54) is 81.1 Å². The molecule has 0 N–H and O–H groups in total. The molecule has 1 amide bonds. The largest absolute Gasteiger partial charge is 0.494 e. The second kappa shape index (κ2) is 18.6. The maximum atomic E-state index is 12.8. The van der Waals surface area contributed by atoms with Crippen molar-refractivity contribution in [3.05, 3.63) is 76.2 Å². The Morgan fingerprint density at radius 1 is 0.775 bits per heavy atom. The van der Waals surface area contributed by atoms with Crippen LogP contribution in [0.2, 0.25) is 0 Å². The van der Waals surface area contributed by atoms with E-state index in [0.717, 1.165) is 36.6 Å². The summed E-state index contributed by atoms with van der Waals surface area (Å²) in [5, 5.41) is 0. The lowest BCUT2D eigenvalue weighted by molar-refractivity contribution is -0.683. The molecule has 0 saturated carbocycles. The summed E-state index contributed by atoms with van der Waals surface area (Å²) in [5.74, 6) is 1.04. The van der Waals surface area contributed by atoms with E-state index in [9.17, 15) is 4.79 Å². The molecule has 1 heterocycles. The molecule has 3 rings (SSSR count). The number of amides is 1. The first-order chi connectivity index (χ1) is 19.6. The van der Waals surface area contributed by atoms with Crippen molar-refractivity contribution in [1.29, 1.82) is 0 Å². The molecule has 4 nitrogen and oxygen atoms in total. The normalized spacial score (nSPS) is 11.1. The molecule has 1 aromatic heterocycles. The van der Waals surface area contributed by atoms with Crippen LogP contribution in [0.25, 0.3) is 0 Å². The number of rotatable bonds is 20. The summed E-state index contributed by atoms with van der Waals surface area (Å²) in [6.45, 7) is 8.49. The van der Waals surface area contributed by atoms with E-state index in [1.54, 1.807) is 11.3 Å². The molecule has 0 bridgehead atoms. The predicted octanol–water partition coefficient (Wildman–Crippen LogP) is 9.42. The number of aryl methyl sites for hydroxylation is 1. The summed E-state index contributed by atoms with van der Waals surface area (Å²) >= 11 is 1.75. The average Bonchev–Trinajstić information content (AvgIpc) is 3.39. The standard InChI is InChI=1S/C35H51N2O2S/c1-4-6-7-8-9-10-11-12-13-14-15-16-25-39-34-23-19-32(20-24-34)28-37(35(38)5-2)33-21-17-31(18-22-33)27-36-26-30(3)40-29-36/h17-24,26,29H,4-16,25,27-28H2,1-3H3/q+1. The van der Waals surface area contributed by atoms with Crippen LogP contribution in [0.15, 0.2) is 60.2 Å². The van der Waals surface area contributed by atoms with Crippen LogP contribution in [0, 0.1) is 6.92 Å². The third-order valence-electron chi connectivity index (χ3n) is 7.47. The molecule has 0 aliphatic rings. The molecule has 3 aromatic rings. The smallest absolute Gasteiger partial charge is 0.227 e. The van der Waals surface area contributed by atoms with Gasteiger partial charge in [0.25, 0.3) is 0 Å². The predicted molar refractivity (Wildman–Crippen MR) is 169 cm³/mol. The van der Waals surface area contributed by atoms with Gasteiger partial charge in [0.05, 0.1) is 18.0 Å². The highest BCUT2D eigenvalue weighted by molar-refractivity contribution is 7.09. The third-order valence-corrected chi connectivity index (χ3v) is 8.32. The third kappa shape index (κ3) is 11.8. The van der Waals surface area contributed by atoms with Crippen LogP contribution in [-0.4, -0.2) is 12.5 Å². The van der Waals surface area contributed by atoms with E-state index in [2.05, 4.69) is 66.5 Å². The summed E-state index contributed by atoms with van der Waals surface area (Å²) in [5.41, 5.74) is 5.41. The van der Waals surface area contributed by atoms with Crippen molar-refractivity contribution in [3.8, 4) is 5.75 Å². The van der Waals surface area contributed by atoms with E-state index in [0.29, 0.717) is 13.0 Å². The Hall–Kier alpha value is -2.66. The first-order valence-corrected chi connectivity index (χ1v) is 16.5. The van der Waals surface area contributed by atoms with E-state index >= 15 is 0 Å². The van der Waals surface area contributed by atoms with Crippen molar-refractivity contribution >= 4 is 22.9 Å². The summed E-state index contributed by atoms with van der Waals surface area (Å²) < 4.78 is 8.19. The van der Waals surface area contributed by atoms with Crippen LogP contribution in [0.5, 0.6) is 5.75 Å². The number of benzene rings is 2. The Bertz CT molecular complexity index is 1090. The SMILES string of the molecule is CCCCCCCCCCCCCCOc1ccc(CN(C(=O)CC)c2ccc(C[n+]3csc(C)c3)cc2)cc1. The lowest BCUT2D eigenvalue weighted by atomic mass is 10.1. The second-order valence-electron chi connectivity index (χ2n) is 11.0. The van der Waals surface area contributed by atoms with Crippen molar-refractivity contribution in [2.24, 2.45) is 0 Å². The summed E-state index contributed by atoms with van der Waals surface area (Å²) in [6.07, 6.45) is 18.8. The molecular weight excluding hydrogens is 512 g/mol. The number of aromatic nitrogens is 1. The van der Waals surface area contributed by atoms with Crippen LogP contribution in [-0.2, 0) is 17.9 Å². The van der Waals surface area contributed by atoms with Crippen molar-refractivity contribution in [2.45, 2.75) is 117 Å². The topological polar surface area (TPSA) is 33.4 Å². The molecule has 0 atom stereocenters. The van der Waals surface area contributed by atoms with Gasteiger partial charge in [-0.05, 0) is 43.2 Å². The lowest BCUT2D eigenvalue weighted by Crippen LogP contribution is -2.31. The summed E-state index contributed by atoms with van der Waals surface area (Å²) in [4.78, 5) is 16.0. The van der Waals surface area contributed by atoms with Crippen LogP contribution in [0.1, 0.15) is 113 Å². The zero-order chi connectivity index (χ0) is 28.4. The minimum absolute atomic E-state index is 0.128. The van der Waals surface area contributed by atoms with Gasteiger partial charge in [0.2, 0.25) is 11.4 Å². The van der Waals surface area contributed by atoms with Gasteiger partial charge in [-0.3, -0.25) is 4.79 Å². The van der Waals surface area contributed by atoms with Crippen LogP contribution >= 0.6 is 11.3 Å². The minimum atomic E-state index is 0.128. The Morgan fingerprint density at radius 2 is 1.35 bits per heavy atom. The van der Waals surface area contributed by atoms with Crippen molar-refractivity contribution in [3.63, 3.8) is 0 Å². The highest BCUT2D eigenvalue weighted by Gasteiger charge is 2.15. The molecule has 0 radical (unpaired) electrons. The molecule has 0 saturated heterocycles. The van der Waals surface area contributed by atoms with Gasteiger partial charge >= 0.3 is 0 Å². The molecular formula is C35H51N2O2S+. The first kappa shape index (κ1) is 31.9. The maximum Gasteiger partial charge on any atom is 0.227 e. The Balaban J connectivity index is 1.36. The van der Waals surface area contributed by atoms with Gasteiger partial charge in [-0.1, -0.05) is 120 Å². The number of ether oxygens (including phenoxy) is 1. The van der Waals surface area contributed by atoms with Gasteiger partial charge < -0.3 is 9.64 Å². The highest BCUT2D eigenvalue weighted by Crippen LogP contribution is 2.21. The molecule has 218 valence electrons. The van der Waals surface area contributed by atoms with Crippen LogP contribution in [0.3, 0.4) is 0 Å². The van der Waals surface area contributed by atoms with Gasteiger partial charge in [-0.25, -0.2) is 0 Å². The number of unbranched alkanes of at least 4 members (excludes halogenated alkanes) is 11. The number of hydrogen-bond donors (Lipinski definition) is 0. The molecule has 0 aliphatic carbocycles. The number of carbonyl (C=O) groups is 1. The van der Waals surface area contributed by atoms with E-state index < -0.39 is 0 Å². The van der Waals surface area contributed by atoms with Gasteiger partial charge in [0.15, 0.2) is 12.7 Å². The summed E-state index contributed by atoms with van der Waals surface area (Å²) in [6, 6.07) is 16.6. The Morgan fingerprint density at radius 3 is 1.90 bits per heavy atom. The van der Waals surface area contributed by atoms with E-state index in [4.69, 9.17) is 4.74 Å². The van der Waals surface area contributed by atoms with Crippen LogP contribution < -0.4 is 14.2 Å². The number of anilines is 1. The van der Waals surface area contributed by atoms with E-state index in [-0.39, 0.29) is 5.91 Å². The summed E-state index contributed by atoms with van der Waals surface area (Å²) in [7, 11) is 0. The number of thiazole rings is 1. The van der Waals surface area contributed by atoms with Gasteiger partial charge in [-0.2, -0.15) is 4.57 Å². The fourth-order valence-electron chi connectivity index (χ4n) is 5.04. The Kier molecular flexibility index (Phi) is 14.9. The second-order valence-corrected chi connectivity index (χ2v) is 12.1. The maximum absolute atomic E-state index is 12.8. The fourth-order valence-corrected chi connectivity index (χ4v) is 5.67. The lowest BCUT2D eigenvalue weighted by Gasteiger charge is -2.23. The zero-order valence-electron chi connectivity index (χ0n) is 25.2. The highest BCUT2D eigenvalue weighted by atomic mass is 32.1. The zero-order valence-corrected chi connectivity index (χ0v) is 26.0. The molecule has 0 spiro atoms. The number of hydrogen-bond acceptors (Lipinski definition) is 3. The first-order valence-electron chi connectivity index (χ1n) is 15.6. The van der Waals surface area contributed by atoms with Crippen LogP contribution in [0.4, 0.5) is 5.69 Å². The average molecular weight is 564 g/mol. The molecule has 0 aliphatic heterocycles. The molecule has 2 aromatic carbocycles. The van der Waals surface area contributed by atoms with Crippen molar-refractivity contribution in [2.75, 3.05) is 11.5 Å². The van der Waals surface area contributed by atoms with Gasteiger partial charge in [0.1, 0.15) is 5.75 Å². The number of nitrogens with zero attached hydrogens (tertiary/aromatic N) is 2. The minimum Gasteiger partial charge on any atom is -0.494 e. The molecule has 0 unspecified atom stereocenters. The van der Waals surface area contributed by atoms with E-state index in [1.807, 2.05) is 24.0 Å². The van der Waals surface area contributed by atoms with Gasteiger partial charge in [0, 0.05) is 17.7 Å². The van der Waals surface area contributed by atoms with Crippen molar-refractivity contribution < 1.29 is 14.1 Å². The molecule has 0 fully saturated rings. The molecule has 5 heteroatoms. The van der Waals surface area contributed by atoms with Crippen molar-refractivity contribution in [1.82, 2.24) is 0 Å². The fraction of sp³-hybridized carbons (Fsp3) is 0.543. The Labute approximate surface area is 247 Å². The van der Waals surface area contributed by atoms with Gasteiger partial charge in [-0.15, -0.1) is 0 Å². The monoisotopic (exact) mass is 563 g/mol. The quantitative estimate of drug-likeness (QED) is 0.101.